The van der Waals surface area contributed by atoms with E-state index in [1.54, 1.807) is 0 Å². The molecule has 2 aliphatic rings. The molecule has 0 aliphatic heterocycles. The van der Waals surface area contributed by atoms with Crippen molar-refractivity contribution in [3.8, 4) is 16.9 Å². The Kier molecular flexibility index (Phi) is 6.65. The summed E-state index contributed by atoms with van der Waals surface area (Å²) in [7, 11) is 0. The Balaban J connectivity index is 1.40. The third-order valence-corrected chi connectivity index (χ3v) is 7.52. The predicted molar refractivity (Wildman–Crippen MR) is 137 cm³/mol. The van der Waals surface area contributed by atoms with E-state index in [-0.39, 0.29) is 5.60 Å². The number of ether oxygens (including phenoxy) is 2. The molecule has 3 aromatic rings. The second-order valence-corrected chi connectivity index (χ2v) is 10.1. The van der Waals surface area contributed by atoms with Gasteiger partial charge in [0.15, 0.2) is 0 Å². The Morgan fingerprint density at radius 1 is 1.15 bits per heavy atom. The van der Waals surface area contributed by atoms with Gasteiger partial charge in [-0.3, -0.25) is 4.98 Å². The lowest BCUT2D eigenvalue weighted by Crippen LogP contribution is -2.15. The van der Waals surface area contributed by atoms with Gasteiger partial charge in [0.25, 0.3) is 0 Å². The summed E-state index contributed by atoms with van der Waals surface area (Å²) < 4.78 is 12.8. The minimum Gasteiger partial charge on any atom is -0.490 e. The number of para-hydroxylation sites is 1. The van der Waals surface area contributed by atoms with Crippen LogP contribution in [0.5, 0.6) is 5.75 Å². The summed E-state index contributed by atoms with van der Waals surface area (Å²) >= 11 is 6.71. The normalized spacial score (nSPS) is 17.4. The SMILES string of the molecule is CCC(CN)c1cc(Cl)c(COC2(c3cnccc3-c3ccccc3OC3CC3)CC2)cc1C. The largest absolute Gasteiger partial charge is 0.490 e. The standard InChI is InChI=1S/C29H33ClN2O2/c1-3-20(16-31)25-15-27(30)21(14-19(25)2)18-33-29(11-12-29)26-17-32-13-10-23(26)24-6-4-5-7-28(24)34-22-8-9-22/h4-7,10,13-15,17,20,22H,3,8-9,11-12,16,18,31H2,1-2H3. The van der Waals surface area contributed by atoms with Gasteiger partial charge in [-0.05, 0) is 91.9 Å². The van der Waals surface area contributed by atoms with Crippen LogP contribution in [0.25, 0.3) is 11.1 Å². The minimum atomic E-state index is -0.338. The van der Waals surface area contributed by atoms with Gasteiger partial charge in [-0.15, -0.1) is 0 Å². The molecule has 1 unspecified atom stereocenters. The Morgan fingerprint density at radius 2 is 1.94 bits per heavy atom. The van der Waals surface area contributed by atoms with Gasteiger partial charge in [0.05, 0.1) is 18.3 Å². The van der Waals surface area contributed by atoms with E-state index in [9.17, 15) is 0 Å². The zero-order valence-electron chi connectivity index (χ0n) is 20.0. The molecule has 1 heterocycles. The van der Waals surface area contributed by atoms with E-state index >= 15 is 0 Å². The lowest BCUT2D eigenvalue weighted by atomic mass is 9.91. The Morgan fingerprint density at radius 3 is 2.65 bits per heavy atom. The first kappa shape index (κ1) is 23.3. The van der Waals surface area contributed by atoms with E-state index in [1.807, 2.05) is 18.5 Å². The number of nitrogens with two attached hydrogens (primary N) is 1. The topological polar surface area (TPSA) is 57.4 Å². The van der Waals surface area contributed by atoms with E-state index in [0.717, 1.165) is 65.1 Å². The van der Waals surface area contributed by atoms with Crippen molar-refractivity contribution in [2.45, 2.75) is 70.2 Å². The second kappa shape index (κ2) is 9.69. The average Bonchev–Trinajstić information content (AvgIpc) is 3.78. The number of halogens is 1. The van der Waals surface area contributed by atoms with Gasteiger partial charge in [-0.2, -0.15) is 0 Å². The molecule has 0 spiro atoms. The van der Waals surface area contributed by atoms with Crippen LogP contribution in [0.15, 0.2) is 54.9 Å². The van der Waals surface area contributed by atoms with Gasteiger partial charge in [0, 0.05) is 28.5 Å². The first-order valence-corrected chi connectivity index (χ1v) is 12.8. The Labute approximate surface area is 207 Å². The first-order valence-electron chi connectivity index (χ1n) is 12.4. The van der Waals surface area contributed by atoms with Gasteiger partial charge in [0.2, 0.25) is 0 Å². The molecule has 1 atom stereocenters. The summed E-state index contributed by atoms with van der Waals surface area (Å²) in [5.41, 5.74) is 12.5. The molecule has 5 rings (SSSR count). The molecule has 2 saturated carbocycles. The number of aromatic nitrogens is 1. The van der Waals surface area contributed by atoms with Crippen molar-refractivity contribution in [2.75, 3.05) is 6.54 Å². The molecule has 5 heteroatoms. The fourth-order valence-corrected chi connectivity index (χ4v) is 5.02. The molecule has 34 heavy (non-hydrogen) atoms. The zero-order chi connectivity index (χ0) is 23.7. The molecule has 1 aromatic heterocycles. The van der Waals surface area contributed by atoms with E-state index < -0.39 is 0 Å². The number of pyridine rings is 1. The molecule has 4 nitrogen and oxygen atoms in total. The molecule has 0 bridgehead atoms. The molecule has 2 N–H and O–H groups in total. The minimum absolute atomic E-state index is 0.332. The quantitative estimate of drug-likeness (QED) is 0.345. The van der Waals surface area contributed by atoms with Crippen LogP contribution in [0.2, 0.25) is 5.02 Å². The fourth-order valence-electron chi connectivity index (χ4n) is 4.79. The maximum absolute atomic E-state index is 6.71. The molecule has 0 radical (unpaired) electrons. The van der Waals surface area contributed by atoms with E-state index in [0.29, 0.717) is 25.2 Å². The zero-order valence-corrected chi connectivity index (χ0v) is 20.8. The lowest BCUT2D eigenvalue weighted by molar-refractivity contribution is 0.0173. The predicted octanol–water partition coefficient (Wildman–Crippen LogP) is 6.91. The molecule has 0 amide bonds. The van der Waals surface area contributed by atoms with Crippen LogP contribution in [0.1, 0.15) is 67.2 Å². The van der Waals surface area contributed by atoms with Crippen molar-refractivity contribution < 1.29 is 9.47 Å². The second-order valence-electron chi connectivity index (χ2n) is 9.66. The van der Waals surface area contributed by atoms with Gasteiger partial charge >= 0.3 is 0 Å². The van der Waals surface area contributed by atoms with Crippen LogP contribution in [0, 0.1) is 6.92 Å². The maximum atomic E-state index is 6.71. The molecule has 178 valence electrons. The van der Waals surface area contributed by atoms with Crippen LogP contribution >= 0.6 is 11.6 Å². The van der Waals surface area contributed by atoms with Gasteiger partial charge in [-0.1, -0.05) is 42.8 Å². The summed E-state index contributed by atoms with van der Waals surface area (Å²) in [6.45, 7) is 5.39. The number of benzene rings is 2. The van der Waals surface area contributed by atoms with Crippen molar-refractivity contribution in [3.05, 3.63) is 82.1 Å². The number of rotatable bonds is 10. The molecule has 2 fully saturated rings. The fraction of sp³-hybridized carbons (Fsp3) is 0.414. The number of nitrogens with zero attached hydrogens (tertiary/aromatic N) is 1. The van der Waals surface area contributed by atoms with Crippen molar-refractivity contribution >= 4 is 11.6 Å². The first-order chi connectivity index (χ1) is 16.5. The molecule has 0 saturated heterocycles. The van der Waals surface area contributed by atoms with Crippen LogP contribution in [0.3, 0.4) is 0 Å². The molecular weight excluding hydrogens is 444 g/mol. The highest BCUT2D eigenvalue weighted by atomic mass is 35.5. The number of aryl methyl sites for hydroxylation is 1. The van der Waals surface area contributed by atoms with Crippen LogP contribution < -0.4 is 10.5 Å². The highest BCUT2D eigenvalue weighted by Crippen LogP contribution is 2.53. The third-order valence-electron chi connectivity index (χ3n) is 7.17. The van der Waals surface area contributed by atoms with Crippen LogP contribution in [-0.4, -0.2) is 17.6 Å². The number of hydrogen-bond donors (Lipinski definition) is 1. The highest BCUT2D eigenvalue weighted by Gasteiger charge is 2.47. The summed E-state index contributed by atoms with van der Waals surface area (Å²) in [4.78, 5) is 4.46. The van der Waals surface area contributed by atoms with Gasteiger partial charge < -0.3 is 15.2 Å². The van der Waals surface area contributed by atoms with Crippen molar-refractivity contribution in [1.82, 2.24) is 4.98 Å². The average molecular weight is 477 g/mol. The smallest absolute Gasteiger partial charge is 0.127 e. The summed E-state index contributed by atoms with van der Waals surface area (Å²) in [6.07, 6.45) is 9.36. The molecule has 2 aliphatic carbocycles. The van der Waals surface area contributed by atoms with E-state index in [1.165, 1.54) is 11.1 Å². The lowest BCUT2D eigenvalue weighted by Gasteiger charge is -2.23. The van der Waals surface area contributed by atoms with Gasteiger partial charge in [-0.25, -0.2) is 0 Å². The van der Waals surface area contributed by atoms with Crippen molar-refractivity contribution in [3.63, 3.8) is 0 Å². The van der Waals surface area contributed by atoms with E-state index in [4.69, 9.17) is 26.8 Å². The monoisotopic (exact) mass is 476 g/mol. The molecule has 2 aromatic carbocycles. The van der Waals surface area contributed by atoms with Crippen LogP contribution in [-0.2, 0) is 16.9 Å². The number of hydrogen-bond acceptors (Lipinski definition) is 4. The van der Waals surface area contributed by atoms with E-state index in [2.05, 4.69) is 55.2 Å². The summed E-state index contributed by atoms with van der Waals surface area (Å²) in [6, 6.07) is 14.6. The summed E-state index contributed by atoms with van der Waals surface area (Å²) in [5.74, 6) is 1.27. The maximum Gasteiger partial charge on any atom is 0.127 e. The van der Waals surface area contributed by atoms with Crippen molar-refractivity contribution in [2.24, 2.45) is 5.73 Å². The Hall–Kier alpha value is -2.40. The Bertz CT molecular complexity index is 1170. The van der Waals surface area contributed by atoms with Crippen LogP contribution in [0.4, 0.5) is 0 Å². The third kappa shape index (κ3) is 4.72. The molecular formula is C29H33ClN2O2. The highest BCUT2D eigenvalue weighted by molar-refractivity contribution is 6.31. The summed E-state index contributed by atoms with van der Waals surface area (Å²) in [5, 5.41) is 0.748. The van der Waals surface area contributed by atoms with Gasteiger partial charge in [0.1, 0.15) is 5.75 Å². The van der Waals surface area contributed by atoms with Crippen molar-refractivity contribution in [1.29, 1.82) is 0 Å².